The number of urea groups is 1. The van der Waals surface area contributed by atoms with Crippen LogP contribution in [0, 0.1) is 0 Å². The number of anilines is 1. The van der Waals surface area contributed by atoms with Gasteiger partial charge < -0.3 is 10.6 Å². The maximum atomic E-state index is 11.5. The predicted molar refractivity (Wildman–Crippen MR) is 72.4 cm³/mol. The van der Waals surface area contributed by atoms with E-state index in [9.17, 15) is 4.79 Å². The summed E-state index contributed by atoms with van der Waals surface area (Å²) >= 11 is 0. The molecule has 1 rings (SSSR count). The van der Waals surface area contributed by atoms with E-state index in [4.69, 9.17) is 0 Å². The zero-order chi connectivity index (χ0) is 12.5. The van der Waals surface area contributed by atoms with Crippen molar-refractivity contribution in [2.24, 2.45) is 0 Å². The minimum absolute atomic E-state index is 0.123. The first-order chi connectivity index (χ1) is 8.26. The van der Waals surface area contributed by atoms with E-state index in [-0.39, 0.29) is 6.03 Å². The lowest BCUT2D eigenvalue weighted by Gasteiger charge is -2.07. The van der Waals surface area contributed by atoms with Crippen LogP contribution in [0.3, 0.4) is 0 Å². The van der Waals surface area contributed by atoms with Crippen LogP contribution in [0.5, 0.6) is 0 Å². The highest BCUT2D eigenvalue weighted by atomic mass is 16.2. The molecule has 17 heavy (non-hydrogen) atoms. The second kappa shape index (κ2) is 7.71. The molecule has 94 valence electrons. The van der Waals surface area contributed by atoms with Crippen LogP contribution in [0.15, 0.2) is 24.3 Å². The largest absolute Gasteiger partial charge is 0.338 e. The normalized spacial score (nSPS) is 10.0. The number of hydrogen-bond acceptors (Lipinski definition) is 1. The summed E-state index contributed by atoms with van der Waals surface area (Å²) in [6, 6.07) is 7.90. The van der Waals surface area contributed by atoms with E-state index >= 15 is 0 Å². The third kappa shape index (κ3) is 5.38. The number of aryl methyl sites for hydroxylation is 1. The van der Waals surface area contributed by atoms with E-state index in [1.807, 2.05) is 12.1 Å². The van der Waals surface area contributed by atoms with Gasteiger partial charge in [0.25, 0.3) is 0 Å². The Morgan fingerprint density at radius 2 is 1.82 bits per heavy atom. The highest BCUT2D eigenvalue weighted by molar-refractivity contribution is 5.89. The average molecular weight is 234 g/mol. The number of carbonyl (C=O) groups is 1. The molecule has 0 unspecified atom stereocenters. The third-order valence-electron chi connectivity index (χ3n) is 2.57. The van der Waals surface area contributed by atoms with Gasteiger partial charge in [-0.2, -0.15) is 0 Å². The maximum Gasteiger partial charge on any atom is 0.319 e. The number of nitrogens with one attached hydrogen (secondary N) is 2. The molecule has 0 fully saturated rings. The van der Waals surface area contributed by atoms with Crippen molar-refractivity contribution in [2.45, 2.75) is 39.5 Å². The molecule has 0 heterocycles. The summed E-state index contributed by atoms with van der Waals surface area (Å²) in [7, 11) is 0. The Labute approximate surface area is 104 Å². The summed E-state index contributed by atoms with van der Waals surface area (Å²) in [6.45, 7) is 5.00. The molecule has 0 aromatic heterocycles. The number of unbranched alkanes of at least 4 members (excludes halogenated alkanes) is 1. The fourth-order valence-electron chi connectivity index (χ4n) is 1.60. The minimum Gasteiger partial charge on any atom is -0.338 e. The van der Waals surface area contributed by atoms with Crippen LogP contribution in [0.4, 0.5) is 10.5 Å². The summed E-state index contributed by atoms with van der Waals surface area (Å²) in [5.74, 6) is 0. The van der Waals surface area contributed by atoms with Crippen LogP contribution in [0.1, 0.15) is 38.7 Å². The molecule has 0 radical (unpaired) electrons. The van der Waals surface area contributed by atoms with Crippen molar-refractivity contribution in [3.63, 3.8) is 0 Å². The Kier molecular flexibility index (Phi) is 6.15. The second-order valence-electron chi connectivity index (χ2n) is 4.18. The number of carbonyl (C=O) groups excluding carboxylic acids is 1. The predicted octanol–water partition coefficient (Wildman–Crippen LogP) is 3.56. The zero-order valence-electron chi connectivity index (χ0n) is 10.8. The molecule has 1 aromatic carbocycles. The molecule has 0 saturated heterocycles. The molecule has 0 spiro atoms. The summed E-state index contributed by atoms with van der Waals surface area (Å²) in [5.41, 5.74) is 2.16. The van der Waals surface area contributed by atoms with Crippen molar-refractivity contribution in [3.05, 3.63) is 29.8 Å². The number of rotatable bonds is 6. The van der Waals surface area contributed by atoms with E-state index in [1.54, 1.807) is 0 Å². The van der Waals surface area contributed by atoms with Crippen LogP contribution in [-0.4, -0.2) is 12.6 Å². The van der Waals surface area contributed by atoms with Gasteiger partial charge in [0, 0.05) is 12.2 Å². The molecular weight excluding hydrogens is 212 g/mol. The van der Waals surface area contributed by atoms with E-state index in [0.717, 1.165) is 37.9 Å². The van der Waals surface area contributed by atoms with Crippen molar-refractivity contribution in [1.82, 2.24) is 5.32 Å². The molecular formula is C14H22N2O. The van der Waals surface area contributed by atoms with Gasteiger partial charge in [0.05, 0.1) is 0 Å². The van der Waals surface area contributed by atoms with Gasteiger partial charge in [-0.15, -0.1) is 0 Å². The van der Waals surface area contributed by atoms with Crippen LogP contribution in [0.2, 0.25) is 0 Å². The van der Waals surface area contributed by atoms with Crippen molar-refractivity contribution in [2.75, 3.05) is 11.9 Å². The molecule has 1 aromatic rings. The smallest absolute Gasteiger partial charge is 0.319 e. The Balaban J connectivity index is 2.37. The van der Waals surface area contributed by atoms with Gasteiger partial charge in [-0.1, -0.05) is 38.8 Å². The summed E-state index contributed by atoms with van der Waals surface area (Å²) < 4.78 is 0. The SMILES string of the molecule is CCCCNC(=O)Nc1ccc(CCC)cc1. The zero-order valence-corrected chi connectivity index (χ0v) is 10.8. The van der Waals surface area contributed by atoms with Crippen molar-refractivity contribution >= 4 is 11.7 Å². The van der Waals surface area contributed by atoms with Crippen LogP contribution >= 0.6 is 0 Å². The molecule has 0 bridgehead atoms. The second-order valence-corrected chi connectivity index (χ2v) is 4.18. The van der Waals surface area contributed by atoms with Gasteiger partial charge in [0.15, 0.2) is 0 Å². The van der Waals surface area contributed by atoms with Gasteiger partial charge in [-0.05, 0) is 30.5 Å². The molecule has 0 aliphatic carbocycles. The lowest BCUT2D eigenvalue weighted by molar-refractivity contribution is 0.252. The van der Waals surface area contributed by atoms with E-state index in [1.165, 1.54) is 5.56 Å². The Bertz CT molecular complexity index is 333. The minimum atomic E-state index is -0.123. The van der Waals surface area contributed by atoms with Crippen LogP contribution in [0.25, 0.3) is 0 Å². The molecule has 0 saturated carbocycles. The molecule has 2 amide bonds. The highest BCUT2D eigenvalue weighted by Gasteiger charge is 2.00. The first-order valence-electron chi connectivity index (χ1n) is 6.40. The third-order valence-corrected chi connectivity index (χ3v) is 2.57. The first-order valence-corrected chi connectivity index (χ1v) is 6.40. The van der Waals surface area contributed by atoms with Gasteiger partial charge >= 0.3 is 6.03 Å². The van der Waals surface area contributed by atoms with Gasteiger partial charge in [0.2, 0.25) is 0 Å². The van der Waals surface area contributed by atoms with E-state index < -0.39 is 0 Å². The quantitative estimate of drug-likeness (QED) is 0.726. The van der Waals surface area contributed by atoms with E-state index in [2.05, 4.69) is 36.6 Å². The van der Waals surface area contributed by atoms with Gasteiger partial charge in [-0.25, -0.2) is 4.79 Å². The number of hydrogen-bond donors (Lipinski definition) is 2. The maximum absolute atomic E-state index is 11.5. The van der Waals surface area contributed by atoms with Crippen LogP contribution < -0.4 is 10.6 Å². The Morgan fingerprint density at radius 3 is 2.41 bits per heavy atom. The topological polar surface area (TPSA) is 41.1 Å². The number of benzene rings is 1. The Hall–Kier alpha value is -1.51. The van der Waals surface area contributed by atoms with Crippen molar-refractivity contribution < 1.29 is 4.79 Å². The lowest BCUT2D eigenvalue weighted by atomic mass is 10.1. The molecule has 0 aliphatic rings. The molecule has 2 N–H and O–H groups in total. The molecule has 3 nitrogen and oxygen atoms in total. The van der Waals surface area contributed by atoms with Gasteiger partial charge in [0.1, 0.15) is 0 Å². The van der Waals surface area contributed by atoms with Crippen LogP contribution in [-0.2, 0) is 6.42 Å². The van der Waals surface area contributed by atoms with Gasteiger partial charge in [-0.3, -0.25) is 0 Å². The summed E-state index contributed by atoms with van der Waals surface area (Å²) in [5, 5.41) is 5.64. The fraction of sp³-hybridized carbons (Fsp3) is 0.500. The standard InChI is InChI=1S/C14H22N2O/c1-3-5-11-15-14(17)16-13-9-7-12(6-4-2)8-10-13/h7-10H,3-6,11H2,1-2H3,(H2,15,16,17). The lowest BCUT2D eigenvalue weighted by Crippen LogP contribution is -2.29. The number of amides is 2. The van der Waals surface area contributed by atoms with Crippen molar-refractivity contribution in [3.8, 4) is 0 Å². The molecule has 3 heteroatoms. The first kappa shape index (κ1) is 13.6. The molecule has 0 aliphatic heterocycles. The van der Waals surface area contributed by atoms with E-state index in [0.29, 0.717) is 0 Å². The summed E-state index contributed by atoms with van der Waals surface area (Å²) in [4.78, 5) is 11.5. The monoisotopic (exact) mass is 234 g/mol. The Morgan fingerprint density at radius 1 is 1.12 bits per heavy atom. The fourth-order valence-corrected chi connectivity index (χ4v) is 1.60. The summed E-state index contributed by atoms with van der Waals surface area (Å²) in [6.07, 6.45) is 4.34. The highest BCUT2D eigenvalue weighted by Crippen LogP contribution is 2.10. The molecule has 0 atom stereocenters. The average Bonchev–Trinajstić information content (AvgIpc) is 2.32. The van der Waals surface area contributed by atoms with Crippen molar-refractivity contribution in [1.29, 1.82) is 0 Å².